The van der Waals surface area contributed by atoms with Gasteiger partial charge in [-0.05, 0) is 27.7 Å². The topological polar surface area (TPSA) is 29.5 Å². The zero-order valence-electron chi connectivity index (χ0n) is 8.70. The molecule has 1 atom stereocenters. The molecule has 0 radical (unpaired) electrons. The first-order chi connectivity index (χ1) is 5.91. The van der Waals surface area contributed by atoms with Crippen molar-refractivity contribution >= 4 is 0 Å². The van der Waals surface area contributed by atoms with Crippen LogP contribution in [0, 0.1) is 0 Å². The number of hydrogen-bond acceptors (Lipinski definition) is 2. The Labute approximate surface area is 81.1 Å². The van der Waals surface area contributed by atoms with Crippen LogP contribution in [0.1, 0.15) is 34.1 Å². The van der Waals surface area contributed by atoms with Crippen LogP contribution in [0.25, 0.3) is 0 Å². The maximum Gasteiger partial charge on any atom is 0.420 e. The molecule has 1 rings (SSSR count). The molecule has 5 heteroatoms. The summed E-state index contributed by atoms with van der Waals surface area (Å²) in [5.41, 5.74) is -5.31. The van der Waals surface area contributed by atoms with E-state index < -0.39 is 29.4 Å². The second-order valence-electron chi connectivity index (χ2n) is 4.91. The van der Waals surface area contributed by atoms with Crippen LogP contribution in [0.15, 0.2) is 0 Å². The van der Waals surface area contributed by atoms with Crippen molar-refractivity contribution in [1.29, 1.82) is 0 Å². The van der Waals surface area contributed by atoms with Gasteiger partial charge in [0.15, 0.2) is 5.60 Å². The average Bonchev–Trinajstić information content (AvgIpc) is 1.94. The van der Waals surface area contributed by atoms with Crippen LogP contribution in [0.2, 0.25) is 0 Å². The lowest BCUT2D eigenvalue weighted by Gasteiger charge is -2.36. The standard InChI is InChI=1S/C9H15F3O2/c1-6(2)5-8(13,9(10,11)12)7(3,4)14-6/h13H,5H2,1-4H3. The summed E-state index contributed by atoms with van der Waals surface area (Å²) in [4.78, 5) is 0. The van der Waals surface area contributed by atoms with Gasteiger partial charge in [0.2, 0.25) is 0 Å². The van der Waals surface area contributed by atoms with E-state index in [1.54, 1.807) is 13.8 Å². The molecule has 1 heterocycles. The van der Waals surface area contributed by atoms with Gasteiger partial charge in [0, 0.05) is 6.42 Å². The van der Waals surface area contributed by atoms with E-state index in [0.29, 0.717) is 0 Å². The first-order valence-corrected chi connectivity index (χ1v) is 4.41. The average molecular weight is 212 g/mol. The van der Waals surface area contributed by atoms with E-state index in [4.69, 9.17) is 4.74 Å². The molecule has 1 unspecified atom stereocenters. The van der Waals surface area contributed by atoms with Crippen molar-refractivity contribution in [3.05, 3.63) is 0 Å². The summed E-state index contributed by atoms with van der Waals surface area (Å²) in [6.07, 6.45) is -5.10. The van der Waals surface area contributed by atoms with Gasteiger partial charge >= 0.3 is 6.18 Å². The molecule has 1 aliphatic heterocycles. The van der Waals surface area contributed by atoms with Gasteiger partial charge in [-0.1, -0.05) is 0 Å². The smallest absolute Gasteiger partial charge is 0.378 e. The second-order valence-corrected chi connectivity index (χ2v) is 4.91. The molecule has 1 fully saturated rings. The Hall–Kier alpha value is -0.290. The fourth-order valence-electron chi connectivity index (χ4n) is 2.08. The number of rotatable bonds is 0. The molecule has 1 saturated heterocycles. The summed E-state index contributed by atoms with van der Waals surface area (Å²) in [7, 11) is 0. The Morgan fingerprint density at radius 3 is 1.71 bits per heavy atom. The molecule has 1 N–H and O–H groups in total. The minimum Gasteiger partial charge on any atom is -0.378 e. The molecule has 84 valence electrons. The molecule has 0 saturated carbocycles. The first-order valence-electron chi connectivity index (χ1n) is 4.41. The molecule has 0 amide bonds. The maximum atomic E-state index is 12.7. The van der Waals surface area contributed by atoms with Crippen LogP contribution in [-0.4, -0.2) is 28.1 Å². The lowest BCUT2D eigenvalue weighted by molar-refractivity contribution is -0.292. The monoisotopic (exact) mass is 212 g/mol. The summed E-state index contributed by atoms with van der Waals surface area (Å²) in [5, 5.41) is 9.64. The summed E-state index contributed by atoms with van der Waals surface area (Å²) in [6, 6.07) is 0. The van der Waals surface area contributed by atoms with Gasteiger partial charge in [0.25, 0.3) is 0 Å². The molecule has 1 aliphatic rings. The fraction of sp³-hybridized carbons (Fsp3) is 1.00. The minimum absolute atomic E-state index is 0.434. The van der Waals surface area contributed by atoms with E-state index in [9.17, 15) is 18.3 Å². The third kappa shape index (κ3) is 1.52. The van der Waals surface area contributed by atoms with Crippen molar-refractivity contribution in [2.45, 2.75) is 57.1 Å². The normalized spacial score (nSPS) is 36.0. The number of hydrogen-bond donors (Lipinski definition) is 1. The van der Waals surface area contributed by atoms with Gasteiger partial charge in [-0.25, -0.2) is 0 Å². The van der Waals surface area contributed by atoms with Crippen molar-refractivity contribution in [3.63, 3.8) is 0 Å². The van der Waals surface area contributed by atoms with Crippen molar-refractivity contribution < 1.29 is 23.0 Å². The van der Waals surface area contributed by atoms with Crippen LogP contribution in [0.3, 0.4) is 0 Å². The molecule has 0 bridgehead atoms. The van der Waals surface area contributed by atoms with Gasteiger partial charge in [0.1, 0.15) is 5.60 Å². The van der Waals surface area contributed by atoms with E-state index in [0.717, 1.165) is 0 Å². The molecular weight excluding hydrogens is 197 g/mol. The zero-order chi connectivity index (χ0) is 11.4. The van der Waals surface area contributed by atoms with Crippen molar-refractivity contribution in [2.24, 2.45) is 0 Å². The van der Waals surface area contributed by atoms with E-state index in [1.807, 2.05) is 0 Å². The maximum absolute atomic E-state index is 12.7. The lowest BCUT2D eigenvalue weighted by Crippen LogP contribution is -2.57. The molecule has 0 aromatic heterocycles. The number of halogens is 3. The molecule has 0 aromatic rings. The quantitative estimate of drug-likeness (QED) is 0.667. The first kappa shape index (κ1) is 11.8. The van der Waals surface area contributed by atoms with Crippen molar-refractivity contribution in [2.75, 3.05) is 0 Å². The summed E-state index contributed by atoms with van der Waals surface area (Å²) in [6.45, 7) is 5.60. The molecule has 0 aromatic carbocycles. The molecule has 0 spiro atoms. The van der Waals surface area contributed by atoms with Crippen LogP contribution in [-0.2, 0) is 4.74 Å². The van der Waals surface area contributed by atoms with E-state index in [2.05, 4.69) is 0 Å². The molecular formula is C9H15F3O2. The van der Waals surface area contributed by atoms with Crippen LogP contribution < -0.4 is 0 Å². The Balaban J connectivity index is 3.12. The summed E-state index contributed by atoms with van der Waals surface area (Å²) >= 11 is 0. The highest BCUT2D eigenvalue weighted by Gasteiger charge is 2.69. The highest BCUT2D eigenvalue weighted by Crippen LogP contribution is 2.52. The molecule has 0 aliphatic carbocycles. The molecule has 14 heavy (non-hydrogen) atoms. The Bertz CT molecular complexity index is 245. The van der Waals surface area contributed by atoms with Gasteiger partial charge in [-0.15, -0.1) is 0 Å². The lowest BCUT2D eigenvalue weighted by atomic mass is 9.82. The second kappa shape index (κ2) is 2.64. The largest absolute Gasteiger partial charge is 0.420 e. The SMILES string of the molecule is CC1(C)CC(O)(C(F)(F)F)C(C)(C)O1. The fourth-order valence-corrected chi connectivity index (χ4v) is 2.08. The predicted octanol–water partition coefficient (Wildman–Crippen LogP) is 2.26. The zero-order valence-corrected chi connectivity index (χ0v) is 8.70. The van der Waals surface area contributed by atoms with Crippen molar-refractivity contribution in [3.8, 4) is 0 Å². The van der Waals surface area contributed by atoms with E-state index in [-0.39, 0.29) is 0 Å². The third-order valence-corrected chi connectivity index (χ3v) is 2.68. The Kier molecular flexibility index (Phi) is 2.22. The predicted molar refractivity (Wildman–Crippen MR) is 44.9 cm³/mol. The summed E-state index contributed by atoms with van der Waals surface area (Å²) < 4.78 is 43.2. The molecule has 2 nitrogen and oxygen atoms in total. The van der Waals surface area contributed by atoms with Gasteiger partial charge < -0.3 is 9.84 Å². The van der Waals surface area contributed by atoms with Crippen LogP contribution in [0.5, 0.6) is 0 Å². The number of alkyl halides is 3. The van der Waals surface area contributed by atoms with E-state index in [1.165, 1.54) is 13.8 Å². The van der Waals surface area contributed by atoms with Crippen LogP contribution >= 0.6 is 0 Å². The summed E-state index contributed by atoms with van der Waals surface area (Å²) in [5.74, 6) is 0. The minimum atomic E-state index is -4.66. The number of aliphatic hydroxyl groups is 1. The third-order valence-electron chi connectivity index (χ3n) is 2.68. The number of ether oxygens (including phenoxy) is 1. The highest BCUT2D eigenvalue weighted by atomic mass is 19.4. The Morgan fingerprint density at radius 1 is 1.14 bits per heavy atom. The van der Waals surface area contributed by atoms with E-state index >= 15 is 0 Å². The van der Waals surface area contributed by atoms with Crippen molar-refractivity contribution in [1.82, 2.24) is 0 Å². The van der Waals surface area contributed by atoms with Gasteiger partial charge in [-0.3, -0.25) is 0 Å². The Morgan fingerprint density at radius 2 is 1.57 bits per heavy atom. The van der Waals surface area contributed by atoms with Crippen LogP contribution in [0.4, 0.5) is 13.2 Å². The highest BCUT2D eigenvalue weighted by molar-refractivity contribution is 5.10. The van der Waals surface area contributed by atoms with Gasteiger partial charge in [0.05, 0.1) is 5.60 Å². The van der Waals surface area contributed by atoms with Gasteiger partial charge in [-0.2, -0.15) is 13.2 Å².